The molecule has 0 saturated carbocycles. The Morgan fingerprint density at radius 2 is 2.20 bits per heavy atom. The molecule has 0 spiro atoms. The van der Waals surface area contributed by atoms with E-state index in [2.05, 4.69) is 16.1 Å². The first kappa shape index (κ1) is 14.3. The number of nitro groups is 1. The molecule has 1 heterocycles. The number of hydrogen-bond donors (Lipinski definition) is 1. The van der Waals surface area contributed by atoms with Gasteiger partial charge >= 0.3 is 5.69 Å². The van der Waals surface area contributed by atoms with Crippen LogP contribution in [-0.4, -0.2) is 35.5 Å². The molecule has 1 saturated heterocycles. The fourth-order valence-corrected chi connectivity index (χ4v) is 2.34. The van der Waals surface area contributed by atoms with Crippen molar-refractivity contribution in [2.75, 3.05) is 25.0 Å². The first-order valence-corrected chi connectivity index (χ1v) is 6.46. The lowest BCUT2D eigenvalue weighted by Gasteiger charge is -2.31. The van der Waals surface area contributed by atoms with Crippen LogP contribution in [0.2, 0.25) is 0 Å². The summed E-state index contributed by atoms with van der Waals surface area (Å²) in [5.74, 6) is 1.80. The molecule has 6 heteroatoms. The summed E-state index contributed by atoms with van der Waals surface area (Å²) >= 11 is 0. The van der Waals surface area contributed by atoms with E-state index >= 15 is 0 Å². The predicted molar refractivity (Wildman–Crippen MR) is 75.0 cm³/mol. The molecule has 1 N–H and O–H groups in total. The molecule has 1 aliphatic heterocycles. The molecule has 0 atom stereocenters. The zero-order chi connectivity index (χ0) is 14.5. The van der Waals surface area contributed by atoms with Gasteiger partial charge < -0.3 is 5.32 Å². The maximum atomic E-state index is 13.5. The van der Waals surface area contributed by atoms with Crippen molar-refractivity contribution in [2.24, 2.45) is 0 Å². The van der Waals surface area contributed by atoms with Crippen LogP contribution in [0, 0.1) is 28.3 Å². The number of nitrogens with one attached hydrogen (secondary N) is 1. The maximum Gasteiger partial charge on any atom is 0.304 e. The van der Waals surface area contributed by atoms with Crippen molar-refractivity contribution in [3.63, 3.8) is 0 Å². The summed E-state index contributed by atoms with van der Waals surface area (Å²) in [6.45, 7) is 2.45. The van der Waals surface area contributed by atoms with E-state index < -0.39 is 16.4 Å². The van der Waals surface area contributed by atoms with Gasteiger partial charge in [0, 0.05) is 37.0 Å². The van der Waals surface area contributed by atoms with Gasteiger partial charge in [0.05, 0.1) is 11.5 Å². The molecule has 106 valence electrons. The fourth-order valence-electron chi connectivity index (χ4n) is 2.34. The second-order valence-electron chi connectivity index (χ2n) is 4.82. The molecule has 0 radical (unpaired) electrons. The van der Waals surface area contributed by atoms with Crippen molar-refractivity contribution in [1.82, 2.24) is 4.90 Å². The van der Waals surface area contributed by atoms with Crippen LogP contribution in [0.5, 0.6) is 0 Å². The first-order valence-electron chi connectivity index (χ1n) is 6.46. The molecule has 1 aromatic carbocycles. The number of terminal acetylenes is 1. The average Bonchev–Trinajstić information content (AvgIpc) is 2.41. The molecule has 0 aliphatic carbocycles. The third-order valence-corrected chi connectivity index (χ3v) is 3.42. The number of piperidine rings is 1. The van der Waals surface area contributed by atoms with E-state index in [0.29, 0.717) is 12.2 Å². The molecule has 0 unspecified atom stereocenters. The Labute approximate surface area is 116 Å². The van der Waals surface area contributed by atoms with Crippen LogP contribution in [0.25, 0.3) is 0 Å². The van der Waals surface area contributed by atoms with Crippen LogP contribution >= 0.6 is 0 Å². The van der Waals surface area contributed by atoms with Gasteiger partial charge in [0.25, 0.3) is 0 Å². The minimum atomic E-state index is -0.815. The standard InChI is InChI=1S/C14H16FN3O2/c1-2-7-17-8-5-11(6-9-17)16-12-3-4-14(18(19)20)13(15)10-12/h1,3-4,10-11,16H,5-9H2. The van der Waals surface area contributed by atoms with E-state index in [1.54, 1.807) is 0 Å². The smallest absolute Gasteiger partial charge is 0.304 e. The lowest BCUT2D eigenvalue weighted by atomic mass is 10.0. The highest BCUT2D eigenvalue weighted by molar-refractivity contribution is 5.50. The van der Waals surface area contributed by atoms with E-state index in [-0.39, 0.29) is 6.04 Å². The molecule has 1 aliphatic rings. The van der Waals surface area contributed by atoms with E-state index in [4.69, 9.17) is 6.42 Å². The maximum absolute atomic E-state index is 13.5. The molecule has 2 rings (SSSR count). The third-order valence-electron chi connectivity index (χ3n) is 3.42. The van der Waals surface area contributed by atoms with Crippen LogP contribution in [0.15, 0.2) is 18.2 Å². The van der Waals surface area contributed by atoms with Gasteiger partial charge in [-0.1, -0.05) is 5.92 Å². The second kappa shape index (κ2) is 6.35. The Bertz CT molecular complexity index is 534. The van der Waals surface area contributed by atoms with Crippen molar-refractivity contribution in [3.05, 3.63) is 34.1 Å². The van der Waals surface area contributed by atoms with Gasteiger partial charge in [-0.15, -0.1) is 6.42 Å². The number of nitrogens with zero attached hydrogens (tertiary/aromatic N) is 2. The minimum Gasteiger partial charge on any atom is -0.382 e. The van der Waals surface area contributed by atoms with Crippen molar-refractivity contribution in [2.45, 2.75) is 18.9 Å². The molecule has 0 aromatic heterocycles. The molecule has 0 bridgehead atoms. The Morgan fingerprint density at radius 1 is 1.50 bits per heavy atom. The second-order valence-corrected chi connectivity index (χ2v) is 4.82. The van der Waals surface area contributed by atoms with Gasteiger partial charge in [-0.2, -0.15) is 4.39 Å². The quantitative estimate of drug-likeness (QED) is 0.521. The minimum absolute atomic E-state index is 0.241. The molecular formula is C14H16FN3O2. The summed E-state index contributed by atoms with van der Waals surface area (Å²) < 4.78 is 13.5. The molecule has 1 fully saturated rings. The average molecular weight is 277 g/mol. The van der Waals surface area contributed by atoms with E-state index in [9.17, 15) is 14.5 Å². The van der Waals surface area contributed by atoms with Gasteiger partial charge in [-0.05, 0) is 18.9 Å². The molecule has 20 heavy (non-hydrogen) atoms. The molecular weight excluding hydrogens is 261 g/mol. The lowest BCUT2D eigenvalue weighted by molar-refractivity contribution is -0.387. The summed E-state index contributed by atoms with van der Waals surface area (Å²) in [4.78, 5) is 12.0. The summed E-state index contributed by atoms with van der Waals surface area (Å²) in [6, 6.07) is 4.14. The van der Waals surface area contributed by atoms with Gasteiger partial charge in [0.1, 0.15) is 0 Å². The Balaban J connectivity index is 1.93. The SMILES string of the molecule is C#CCN1CCC(Nc2ccc([N+](=O)[O-])c(F)c2)CC1. The highest BCUT2D eigenvalue weighted by Crippen LogP contribution is 2.23. The summed E-state index contributed by atoms with van der Waals surface area (Å²) in [5, 5.41) is 13.8. The van der Waals surface area contributed by atoms with Crippen molar-refractivity contribution in [1.29, 1.82) is 0 Å². The van der Waals surface area contributed by atoms with Crippen molar-refractivity contribution in [3.8, 4) is 12.3 Å². The number of halogens is 1. The van der Waals surface area contributed by atoms with Gasteiger partial charge in [-0.3, -0.25) is 15.0 Å². The summed E-state index contributed by atoms with van der Waals surface area (Å²) in [6.07, 6.45) is 7.10. The number of nitro benzene ring substituents is 1. The van der Waals surface area contributed by atoms with Crippen LogP contribution in [0.3, 0.4) is 0 Å². The number of hydrogen-bond acceptors (Lipinski definition) is 4. The largest absolute Gasteiger partial charge is 0.382 e. The fraction of sp³-hybridized carbons (Fsp3) is 0.429. The predicted octanol–water partition coefficient (Wildman–Crippen LogP) is 2.24. The van der Waals surface area contributed by atoms with Gasteiger partial charge in [0.2, 0.25) is 5.82 Å². The van der Waals surface area contributed by atoms with Crippen LogP contribution < -0.4 is 5.32 Å². The normalized spacial score (nSPS) is 16.6. The number of rotatable bonds is 4. The van der Waals surface area contributed by atoms with Gasteiger partial charge in [0.15, 0.2) is 0 Å². The van der Waals surface area contributed by atoms with E-state index in [0.717, 1.165) is 25.9 Å². The highest BCUT2D eigenvalue weighted by atomic mass is 19.1. The molecule has 0 amide bonds. The van der Waals surface area contributed by atoms with Gasteiger partial charge in [-0.25, -0.2) is 0 Å². The third kappa shape index (κ3) is 3.45. The molecule has 5 nitrogen and oxygen atoms in total. The van der Waals surface area contributed by atoms with Crippen LogP contribution in [0.4, 0.5) is 15.8 Å². The topological polar surface area (TPSA) is 58.4 Å². The highest BCUT2D eigenvalue weighted by Gasteiger charge is 2.19. The Kier molecular flexibility index (Phi) is 4.53. The van der Waals surface area contributed by atoms with E-state index in [1.165, 1.54) is 18.2 Å². The van der Waals surface area contributed by atoms with Crippen molar-refractivity contribution >= 4 is 11.4 Å². The number of anilines is 1. The first-order chi connectivity index (χ1) is 9.60. The summed E-state index contributed by atoms with van der Waals surface area (Å²) in [7, 11) is 0. The van der Waals surface area contributed by atoms with Crippen LogP contribution in [-0.2, 0) is 0 Å². The summed E-state index contributed by atoms with van der Waals surface area (Å²) in [5.41, 5.74) is 0.0721. The Hall–Kier alpha value is -2.13. The zero-order valence-electron chi connectivity index (χ0n) is 11.0. The molecule has 1 aromatic rings. The number of benzene rings is 1. The zero-order valence-corrected chi connectivity index (χ0v) is 11.0. The monoisotopic (exact) mass is 277 g/mol. The lowest BCUT2D eigenvalue weighted by Crippen LogP contribution is -2.39. The van der Waals surface area contributed by atoms with Crippen LogP contribution in [0.1, 0.15) is 12.8 Å². The number of likely N-dealkylation sites (tertiary alicyclic amines) is 1. The Morgan fingerprint density at radius 3 is 2.75 bits per heavy atom. The van der Waals surface area contributed by atoms with Crippen molar-refractivity contribution < 1.29 is 9.31 Å². The van der Waals surface area contributed by atoms with E-state index in [1.807, 2.05) is 0 Å².